The largest absolute Gasteiger partial charge is 0.508 e. The van der Waals surface area contributed by atoms with Crippen LogP contribution in [0.4, 0.5) is 5.69 Å². The lowest BCUT2D eigenvalue weighted by Gasteiger charge is -2.28. The van der Waals surface area contributed by atoms with Crippen molar-refractivity contribution in [1.82, 2.24) is 19.6 Å². The Labute approximate surface area is 202 Å². The standard InChI is InChI=1S/C27H23N5O3/c1-31(2)18-8-4-17(5-9-18)25-29-26-24-23(16-6-11-20(34-3)12-7-16)21-13-10-19(33)14-22(21)35-27(24)28-15-32(26)30-25/h4-15,23,33H,1-3H3. The van der Waals surface area contributed by atoms with Crippen LogP contribution in [0.3, 0.4) is 0 Å². The van der Waals surface area contributed by atoms with Crippen LogP contribution in [-0.2, 0) is 0 Å². The molecule has 0 bridgehead atoms. The fourth-order valence-corrected chi connectivity index (χ4v) is 4.48. The van der Waals surface area contributed by atoms with Gasteiger partial charge in [0.1, 0.15) is 23.6 Å². The second-order valence-electron chi connectivity index (χ2n) is 8.64. The van der Waals surface area contributed by atoms with Crippen molar-refractivity contribution in [3.8, 4) is 34.5 Å². The highest BCUT2D eigenvalue weighted by Crippen LogP contribution is 2.48. The Bertz CT molecular complexity index is 1540. The van der Waals surface area contributed by atoms with E-state index in [1.165, 1.54) is 0 Å². The van der Waals surface area contributed by atoms with Crippen molar-refractivity contribution in [3.63, 3.8) is 0 Å². The third kappa shape index (κ3) is 3.50. The summed E-state index contributed by atoms with van der Waals surface area (Å²) in [5, 5.41) is 14.8. The quantitative estimate of drug-likeness (QED) is 0.398. The van der Waals surface area contributed by atoms with Crippen LogP contribution in [-0.4, -0.2) is 45.9 Å². The Balaban J connectivity index is 1.54. The Kier molecular flexibility index (Phi) is 4.81. The molecule has 35 heavy (non-hydrogen) atoms. The minimum atomic E-state index is -0.218. The summed E-state index contributed by atoms with van der Waals surface area (Å²) in [7, 11) is 5.66. The normalized spacial score (nSPS) is 14.2. The first kappa shape index (κ1) is 21.0. The van der Waals surface area contributed by atoms with Crippen molar-refractivity contribution < 1.29 is 14.6 Å². The smallest absolute Gasteiger partial charge is 0.228 e. The zero-order chi connectivity index (χ0) is 24.1. The van der Waals surface area contributed by atoms with Gasteiger partial charge < -0.3 is 19.5 Å². The molecule has 3 heterocycles. The Morgan fingerprint density at radius 2 is 1.77 bits per heavy atom. The molecule has 8 nitrogen and oxygen atoms in total. The maximum Gasteiger partial charge on any atom is 0.228 e. The summed E-state index contributed by atoms with van der Waals surface area (Å²) in [5.74, 6) is 2.30. The molecule has 5 aromatic rings. The van der Waals surface area contributed by atoms with Crippen molar-refractivity contribution >= 4 is 11.3 Å². The van der Waals surface area contributed by atoms with Gasteiger partial charge in [0, 0.05) is 42.9 Å². The van der Waals surface area contributed by atoms with E-state index in [0.717, 1.165) is 33.7 Å². The summed E-state index contributed by atoms with van der Waals surface area (Å²) < 4.78 is 13.2. The first-order chi connectivity index (χ1) is 17.0. The van der Waals surface area contributed by atoms with E-state index in [2.05, 4.69) is 4.98 Å². The molecule has 174 valence electrons. The van der Waals surface area contributed by atoms with Crippen molar-refractivity contribution in [2.24, 2.45) is 0 Å². The van der Waals surface area contributed by atoms with E-state index in [1.807, 2.05) is 73.6 Å². The Morgan fingerprint density at radius 3 is 2.49 bits per heavy atom. The third-order valence-corrected chi connectivity index (χ3v) is 6.28. The van der Waals surface area contributed by atoms with Gasteiger partial charge in [0.05, 0.1) is 12.7 Å². The van der Waals surface area contributed by atoms with E-state index in [1.54, 1.807) is 30.1 Å². The monoisotopic (exact) mass is 465 g/mol. The molecule has 1 aliphatic heterocycles. The molecule has 1 unspecified atom stereocenters. The summed E-state index contributed by atoms with van der Waals surface area (Å²) in [4.78, 5) is 11.5. The molecule has 1 atom stereocenters. The number of benzene rings is 3. The van der Waals surface area contributed by atoms with Crippen LogP contribution >= 0.6 is 0 Å². The van der Waals surface area contributed by atoms with Crippen LogP contribution in [0.15, 0.2) is 73.1 Å². The number of methoxy groups -OCH3 is 1. The molecule has 0 radical (unpaired) electrons. The average Bonchev–Trinajstić information content (AvgIpc) is 3.32. The fourth-order valence-electron chi connectivity index (χ4n) is 4.48. The van der Waals surface area contributed by atoms with Crippen molar-refractivity contribution in [2.45, 2.75) is 5.92 Å². The highest BCUT2D eigenvalue weighted by molar-refractivity contribution is 5.69. The maximum atomic E-state index is 10.1. The molecule has 0 saturated heterocycles. The third-order valence-electron chi connectivity index (χ3n) is 6.28. The Morgan fingerprint density at radius 1 is 1.00 bits per heavy atom. The predicted octanol–water partition coefficient (Wildman–Crippen LogP) is 4.86. The summed E-state index contributed by atoms with van der Waals surface area (Å²) in [5.41, 5.74) is 5.44. The predicted molar refractivity (Wildman–Crippen MR) is 133 cm³/mol. The molecular formula is C27H23N5O3. The van der Waals surface area contributed by atoms with Gasteiger partial charge in [-0.05, 0) is 48.0 Å². The van der Waals surface area contributed by atoms with Crippen LogP contribution in [0.5, 0.6) is 23.1 Å². The van der Waals surface area contributed by atoms with Gasteiger partial charge in [0.15, 0.2) is 11.5 Å². The minimum absolute atomic E-state index is 0.132. The van der Waals surface area contributed by atoms with Gasteiger partial charge in [-0.3, -0.25) is 0 Å². The van der Waals surface area contributed by atoms with E-state index in [4.69, 9.17) is 19.6 Å². The van der Waals surface area contributed by atoms with Crippen molar-refractivity contribution in [2.75, 3.05) is 26.1 Å². The van der Waals surface area contributed by atoms with Gasteiger partial charge in [-0.2, -0.15) is 0 Å². The summed E-state index contributed by atoms with van der Waals surface area (Å²) in [6, 6.07) is 21.2. The fraction of sp³-hybridized carbons (Fsp3) is 0.148. The highest BCUT2D eigenvalue weighted by atomic mass is 16.5. The van der Waals surface area contributed by atoms with E-state index >= 15 is 0 Å². The van der Waals surface area contributed by atoms with Gasteiger partial charge in [-0.15, -0.1) is 5.10 Å². The van der Waals surface area contributed by atoms with Crippen LogP contribution in [0.2, 0.25) is 0 Å². The van der Waals surface area contributed by atoms with Gasteiger partial charge in [0.2, 0.25) is 5.88 Å². The van der Waals surface area contributed by atoms with Crippen LogP contribution < -0.4 is 14.4 Å². The number of aromatic nitrogens is 4. The molecule has 0 amide bonds. The summed E-state index contributed by atoms with van der Waals surface area (Å²) in [6.07, 6.45) is 1.61. The second-order valence-corrected chi connectivity index (χ2v) is 8.64. The highest BCUT2D eigenvalue weighted by Gasteiger charge is 2.33. The number of ether oxygens (including phenoxy) is 2. The molecule has 0 spiro atoms. The molecule has 6 rings (SSSR count). The second kappa shape index (κ2) is 8.02. The molecule has 1 aliphatic rings. The van der Waals surface area contributed by atoms with Crippen LogP contribution in [0, 0.1) is 0 Å². The zero-order valence-corrected chi connectivity index (χ0v) is 19.5. The van der Waals surface area contributed by atoms with Crippen molar-refractivity contribution in [1.29, 1.82) is 0 Å². The molecule has 2 aromatic heterocycles. The first-order valence-electron chi connectivity index (χ1n) is 11.2. The lowest BCUT2D eigenvalue weighted by atomic mass is 9.84. The summed E-state index contributed by atoms with van der Waals surface area (Å²) in [6.45, 7) is 0. The zero-order valence-electron chi connectivity index (χ0n) is 19.5. The lowest BCUT2D eigenvalue weighted by molar-refractivity contribution is 0.414. The molecule has 3 aromatic carbocycles. The van der Waals surface area contributed by atoms with Gasteiger partial charge >= 0.3 is 0 Å². The minimum Gasteiger partial charge on any atom is -0.508 e. The molecule has 0 saturated carbocycles. The topological polar surface area (TPSA) is 85.0 Å². The maximum absolute atomic E-state index is 10.1. The van der Waals surface area contributed by atoms with E-state index < -0.39 is 0 Å². The molecule has 1 N–H and O–H groups in total. The number of phenolic OH excluding ortho intramolecular Hbond substituents is 1. The number of aromatic hydroxyl groups is 1. The van der Waals surface area contributed by atoms with E-state index in [0.29, 0.717) is 23.1 Å². The molecule has 8 heteroatoms. The van der Waals surface area contributed by atoms with E-state index in [9.17, 15) is 5.11 Å². The van der Waals surface area contributed by atoms with Crippen molar-refractivity contribution in [3.05, 3.63) is 89.7 Å². The SMILES string of the molecule is COc1ccc(C2c3ccc(O)cc3Oc3ncn4nc(-c5ccc(N(C)C)cc5)nc4c32)cc1. The van der Waals surface area contributed by atoms with Crippen LogP contribution in [0.1, 0.15) is 22.6 Å². The van der Waals surface area contributed by atoms with E-state index in [-0.39, 0.29) is 11.7 Å². The lowest BCUT2D eigenvalue weighted by Crippen LogP contribution is -2.15. The van der Waals surface area contributed by atoms with Gasteiger partial charge in [-0.1, -0.05) is 18.2 Å². The number of hydrogen-bond acceptors (Lipinski definition) is 7. The number of fused-ring (bicyclic) bond motifs is 4. The number of phenols is 1. The molecule has 0 fully saturated rings. The number of hydrogen-bond donors (Lipinski definition) is 1. The molecule has 0 aliphatic carbocycles. The number of nitrogens with zero attached hydrogens (tertiary/aromatic N) is 5. The average molecular weight is 466 g/mol. The van der Waals surface area contributed by atoms with Gasteiger partial charge in [0.25, 0.3) is 0 Å². The Hall–Kier alpha value is -4.59. The van der Waals surface area contributed by atoms with Crippen LogP contribution in [0.25, 0.3) is 17.0 Å². The number of rotatable bonds is 4. The summed E-state index contributed by atoms with van der Waals surface area (Å²) >= 11 is 0. The molecular weight excluding hydrogens is 442 g/mol. The van der Waals surface area contributed by atoms with Gasteiger partial charge in [-0.25, -0.2) is 14.5 Å². The number of anilines is 1. The first-order valence-corrected chi connectivity index (χ1v) is 11.2.